The van der Waals surface area contributed by atoms with E-state index in [1.807, 2.05) is 6.07 Å². The van der Waals surface area contributed by atoms with Crippen molar-refractivity contribution in [2.45, 2.75) is 50.7 Å². The highest BCUT2D eigenvalue weighted by Crippen LogP contribution is 2.47. The molecule has 4 nitrogen and oxygen atoms in total. The number of fused-ring (bicyclic) bond motifs is 2. The number of hydrogen-bond donors (Lipinski definition) is 1. The van der Waals surface area contributed by atoms with E-state index in [4.69, 9.17) is 4.74 Å². The van der Waals surface area contributed by atoms with Crippen molar-refractivity contribution in [3.8, 4) is 11.8 Å². The molecule has 1 amide bonds. The Hall–Kier alpha value is -3.34. The normalized spacial score (nSPS) is 19.9. The topological polar surface area (TPSA) is 62.1 Å². The van der Waals surface area contributed by atoms with E-state index in [9.17, 15) is 27.6 Å². The van der Waals surface area contributed by atoms with Gasteiger partial charge in [-0.3, -0.25) is 4.79 Å². The lowest BCUT2D eigenvalue weighted by atomic mass is 9.78. The molecule has 2 aliphatic rings. The number of nitrogens with one attached hydrogen (secondary N) is 1. The van der Waals surface area contributed by atoms with E-state index in [0.29, 0.717) is 24.2 Å². The quantitative estimate of drug-likeness (QED) is 0.476. The Morgan fingerprint density at radius 3 is 2.70 bits per heavy atom. The molecule has 1 heterocycles. The lowest BCUT2D eigenvalue weighted by molar-refractivity contribution is -0.136. The van der Waals surface area contributed by atoms with E-state index in [2.05, 4.69) is 5.32 Å². The third kappa shape index (κ3) is 4.58. The Balaban J connectivity index is 1.60. The molecule has 1 atom stereocenters. The average molecular weight is 458 g/mol. The predicted octanol–water partition coefficient (Wildman–Crippen LogP) is 5.49. The Kier molecular flexibility index (Phi) is 5.91. The van der Waals surface area contributed by atoms with Crippen molar-refractivity contribution in [1.29, 1.82) is 5.26 Å². The summed E-state index contributed by atoms with van der Waals surface area (Å²) in [4.78, 5) is 12.9. The zero-order valence-electron chi connectivity index (χ0n) is 18.0. The van der Waals surface area contributed by atoms with Gasteiger partial charge in [-0.2, -0.15) is 18.4 Å². The fourth-order valence-electron chi connectivity index (χ4n) is 4.66. The molecule has 1 spiro atoms. The highest BCUT2D eigenvalue weighted by atomic mass is 19.4. The summed E-state index contributed by atoms with van der Waals surface area (Å²) in [5, 5.41) is 12.5. The molecular weight excluding hydrogens is 436 g/mol. The number of benzene rings is 2. The number of alkyl halides is 3. The molecule has 8 heteroatoms. The number of carbonyl (C=O) groups excluding carboxylic acids is 1. The van der Waals surface area contributed by atoms with Gasteiger partial charge >= 0.3 is 6.18 Å². The van der Waals surface area contributed by atoms with Crippen LogP contribution in [0.25, 0.3) is 5.57 Å². The summed E-state index contributed by atoms with van der Waals surface area (Å²) in [6, 6.07) is 11.9. The molecule has 0 saturated heterocycles. The number of hydrogen-bond acceptors (Lipinski definition) is 3. The van der Waals surface area contributed by atoms with E-state index in [1.54, 1.807) is 37.3 Å². The fraction of sp³-hybridized carbons (Fsp3) is 0.360. The molecule has 2 aromatic carbocycles. The second kappa shape index (κ2) is 8.54. The first-order chi connectivity index (χ1) is 15.6. The highest BCUT2D eigenvalue weighted by Gasteiger charge is 2.45. The maximum Gasteiger partial charge on any atom is 0.389 e. The van der Waals surface area contributed by atoms with Crippen molar-refractivity contribution in [1.82, 2.24) is 5.32 Å². The third-order valence-corrected chi connectivity index (χ3v) is 6.21. The van der Waals surface area contributed by atoms with Crippen molar-refractivity contribution >= 4 is 11.5 Å². The fourth-order valence-corrected chi connectivity index (χ4v) is 4.66. The number of nitriles is 1. The van der Waals surface area contributed by atoms with Crippen molar-refractivity contribution in [2.24, 2.45) is 0 Å². The van der Waals surface area contributed by atoms with Crippen LogP contribution in [-0.2, 0) is 16.8 Å². The summed E-state index contributed by atoms with van der Waals surface area (Å²) in [6.45, 7) is 1.71. The molecule has 4 rings (SSSR count). The monoisotopic (exact) mass is 458 g/mol. The zero-order valence-corrected chi connectivity index (χ0v) is 18.0. The van der Waals surface area contributed by atoms with Crippen molar-refractivity contribution < 1.29 is 27.1 Å². The van der Waals surface area contributed by atoms with Gasteiger partial charge in [0.25, 0.3) is 5.91 Å². The number of halogens is 4. The van der Waals surface area contributed by atoms with Crippen LogP contribution in [0, 0.1) is 24.1 Å². The molecule has 1 aliphatic carbocycles. The Morgan fingerprint density at radius 2 is 2.00 bits per heavy atom. The largest absolute Gasteiger partial charge is 0.494 e. The highest BCUT2D eigenvalue weighted by molar-refractivity contribution is 6.07. The SMILES string of the molecule is Cc1ccc(C2=C(C#N)C(=O)NC3(CCc4cc(OCCCC(F)(F)F)ccc43)C2)c(F)c1. The van der Waals surface area contributed by atoms with Crippen LogP contribution in [-0.4, -0.2) is 18.7 Å². The zero-order chi connectivity index (χ0) is 23.8. The van der Waals surface area contributed by atoms with Gasteiger partial charge in [-0.15, -0.1) is 0 Å². The van der Waals surface area contributed by atoms with E-state index in [1.165, 1.54) is 6.07 Å². The molecule has 1 N–H and O–H groups in total. The van der Waals surface area contributed by atoms with Gasteiger partial charge in [0, 0.05) is 18.4 Å². The molecule has 0 aromatic heterocycles. The van der Waals surface area contributed by atoms with Gasteiger partial charge in [0.15, 0.2) is 0 Å². The number of rotatable bonds is 5. The van der Waals surface area contributed by atoms with Crippen LogP contribution in [0.1, 0.15) is 47.9 Å². The van der Waals surface area contributed by atoms with Gasteiger partial charge in [0.2, 0.25) is 0 Å². The first-order valence-electron chi connectivity index (χ1n) is 10.7. The standard InChI is InChI=1S/C25H22F4N2O2/c1-15-3-5-18(22(26)11-15)19-13-24(31-23(32)20(19)14-30)9-7-16-12-17(4-6-21(16)24)33-10-2-8-25(27,28)29/h3-6,11-12H,2,7-10,13H2,1H3,(H,31,32). The maximum atomic E-state index is 14.8. The van der Waals surface area contributed by atoms with Crippen LogP contribution in [0.15, 0.2) is 42.0 Å². The van der Waals surface area contributed by atoms with Crippen LogP contribution in [0.2, 0.25) is 0 Å². The summed E-state index contributed by atoms with van der Waals surface area (Å²) in [5.41, 5.74) is 2.23. The van der Waals surface area contributed by atoms with E-state index >= 15 is 0 Å². The molecule has 1 aliphatic heterocycles. The number of nitrogens with zero attached hydrogens (tertiary/aromatic N) is 1. The second-order valence-electron chi connectivity index (χ2n) is 8.55. The smallest absolute Gasteiger partial charge is 0.389 e. The maximum absolute atomic E-state index is 14.8. The van der Waals surface area contributed by atoms with Crippen LogP contribution in [0.5, 0.6) is 5.75 Å². The lowest BCUT2D eigenvalue weighted by Gasteiger charge is -2.37. The molecule has 172 valence electrons. The first kappa shape index (κ1) is 22.8. The molecular formula is C25H22F4N2O2. The molecule has 33 heavy (non-hydrogen) atoms. The van der Waals surface area contributed by atoms with E-state index < -0.39 is 29.9 Å². The molecule has 0 radical (unpaired) electrons. The van der Waals surface area contributed by atoms with Crippen LogP contribution >= 0.6 is 0 Å². The molecule has 0 fully saturated rings. The van der Waals surface area contributed by atoms with Crippen LogP contribution in [0.3, 0.4) is 0 Å². The summed E-state index contributed by atoms with van der Waals surface area (Å²) < 4.78 is 57.2. The van der Waals surface area contributed by atoms with Crippen molar-refractivity contribution in [3.05, 3.63) is 70.0 Å². The minimum atomic E-state index is -4.21. The van der Waals surface area contributed by atoms with E-state index in [0.717, 1.165) is 16.7 Å². The number of carbonyl (C=O) groups is 1. The molecule has 0 saturated carbocycles. The van der Waals surface area contributed by atoms with Gasteiger partial charge in [0.05, 0.1) is 12.1 Å². The lowest BCUT2D eigenvalue weighted by Crippen LogP contribution is -2.48. The van der Waals surface area contributed by atoms with Gasteiger partial charge in [-0.25, -0.2) is 4.39 Å². The predicted molar refractivity (Wildman–Crippen MR) is 114 cm³/mol. The minimum Gasteiger partial charge on any atom is -0.494 e. The van der Waals surface area contributed by atoms with E-state index in [-0.39, 0.29) is 30.6 Å². The number of amides is 1. The number of ether oxygens (including phenoxy) is 1. The summed E-state index contributed by atoms with van der Waals surface area (Å²) in [7, 11) is 0. The van der Waals surface area contributed by atoms with Gasteiger partial charge in [0.1, 0.15) is 23.2 Å². The third-order valence-electron chi connectivity index (χ3n) is 6.21. The van der Waals surface area contributed by atoms with Gasteiger partial charge < -0.3 is 10.1 Å². The summed E-state index contributed by atoms with van der Waals surface area (Å²) in [6.07, 6.45) is -3.81. The minimum absolute atomic E-state index is 0.0503. The molecule has 2 aromatic rings. The summed E-state index contributed by atoms with van der Waals surface area (Å²) >= 11 is 0. The molecule has 0 bridgehead atoms. The summed E-state index contributed by atoms with van der Waals surface area (Å²) in [5.74, 6) is -0.560. The Labute approximate surface area is 188 Å². The Morgan fingerprint density at radius 1 is 1.21 bits per heavy atom. The molecule has 1 unspecified atom stereocenters. The van der Waals surface area contributed by atoms with Crippen LogP contribution in [0.4, 0.5) is 17.6 Å². The Bertz CT molecular complexity index is 1180. The second-order valence-corrected chi connectivity index (χ2v) is 8.55. The van der Waals surface area contributed by atoms with Crippen molar-refractivity contribution in [2.75, 3.05) is 6.61 Å². The van der Waals surface area contributed by atoms with Crippen molar-refractivity contribution in [3.63, 3.8) is 0 Å². The number of aryl methyl sites for hydroxylation is 2. The van der Waals surface area contributed by atoms with Gasteiger partial charge in [-0.1, -0.05) is 18.2 Å². The van der Waals surface area contributed by atoms with Crippen LogP contribution < -0.4 is 10.1 Å². The van der Waals surface area contributed by atoms with Gasteiger partial charge in [-0.05, 0) is 66.6 Å². The first-order valence-corrected chi connectivity index (χ1v) is 10.7. The average Bonchev–Trinajstić information content (AvgIpc) is 3.07.